The van der Waals surface area contributed by atoms with Gasteiger partial charge in [-0.15, -0.1) is 0 Å². The summed E-state index contributed by atoms with van der Waals surface area (Å²) in [5.41, 5.74) is 1.30. The van der Waals surface area contributed by atoms with Gasteiger partial charge in [-0.25, -0.2) is 9.48 Å². The third-order valence-corrected chi connectivity index (χ3v) is 4.06. The van der Waals surface area contributed by atoms with Crippen molar-refractivity contribution >= 4 is 17.6 Å². The highest BCUT2D eigenvalue weighted by atomic mass is 16.5. The standard InChI is InChI=1S/C15H25N5O3/c1-10-12(14(23-5)19(4)17-10)16-13(21)11-7-6-8-20(9-11)15(22)18(2)3/h11H,6-9H2,1-5H3,(H,16,21)/t11-/m1/s1. The number of amides is 3. The molecule has 8 heteroatoms. The van der Waals surface area contributed by atoms with Crippen LogP contribution in [0.15, 0.2) is 0 Å². The van der Waals surface area contributed by atoms with Crippen molar-refractivity contribution in [1.82, 2.24) is 19.6 Å². The maximum Gasteiger partial charge on any atom is 0.319 e. The number of rotatable bonds is 3. The molecule has 1 aliphatic heterocycles. The summed E-state index contributed by atoms with van der Waals surface area (Å²) in [4.78, 5) is 27.9. The van der Waals surface area contributed by atoms with Gasteiger partial charge in [-0.1, -0.05) is 0 Å². The lowest BCUT2D eigenvalue weighted by Crippen LogP contribution is -2.47. The van der Waals surface area contributed by atoms with Crippen LogP contribution >= 0.6 is 0 Å². The molecule has 1 N–H and O–H groups in total. The normalized spacial score (nSPS) is 17.8. The largest absolute Gasteiger partial charge is 0.480 e. The van der Waals surface area contributed by atoms with Crippen LogP contribution in [0.4, 0.5) is 10.5 Å². The van der Waals surface area contributed by atoms with Gasteiger partial charge in [0.15, 0.2) is 0 Å². The fourth-order valence-corrected chi connectivity index (χ4v) is 2.89. The van der Waals surface area contributed by atoms with Crippen LogP contribution in [-0.2, 0) is 11.8 Å². The second kappa shape index (κ2) is 6.89. The Labute approximate surface area is 136 Å². The first-order valence-electron chi connectivity index (χ1n) is 7.69. The third-order valence-electron chi connectivity index (χ3n) is 4.06. The smallest absolute Gasteiger partial charge is 0.319 e. The quantitative estimate of drug-likeness (QED) is 0.902. The zero-order chi connectivity index (χ0) is 17.1. The number of hydrogen-bond acceptors (Lipinski definition) is 4. The summed E-state index contributed by atoms with van der Waals surface area (Å²) >= 11 is 0. The Bertz CT molecular complexity index is 596. The second-order valence-corrected chi connectivity index (χ2v) is 6.04. The number of hydrogen-bond donors (Lipinski definition) is 1. The third kappa shape index (κ3) is 3.57. The number of aromatic nitrogens is 2. The molecule has 0 saturated carbocycles. The molecule has 1 aliphatic rings. The number of carbonyl (C=O) groups is 2. The molecule has 1 saturated heterocycles. The van der Waals surface area contributed by atoms with Crippen LogP contribution in [0.25, 0.3) is 0 Å². The summed E-state index contributed by atoms with van der Waals surface area (Å²) in [6, 6.07) is -0.0577. The molecule has 0 aliphatic carbocycles. The van der Waals surface area contributed by atoms with Gasteiger partial charge in [0, 0.05) is 34.2 Å². The molecule has 1 atom stereocenters. The van der Waals surface area contributed by atoms with Crippen molar-refractivity contribution in [2.45, 2.75) is 19.8 Å². The number of piperidine rings is 1. The molecular weight excluding hydrogens is 298 g/mol. The van der Waals surface area contributed by atoms with Gasteiger partial charge in [-0.05, 0) is 19.8 Å². The van der Waals surface area contributed by atoms with Gasteiger partial charge in [0.05, 0.1) is 18.7 Å². The molecule has 1 fully saturated rings. The van der Waals surface area contributed by atoms with Gasteiger partial charge < -0.3 is 19.9 Å². The number of carbonyl (C=O) groups excluding carboxylic acids is 2. The molecule has 2 rings (SSSR count). The van der Waals surface area contributed by atoms with E-state index in [4.69, 9.17) is 4.74 Å². The Morgan fingerprint density at radius 3 is 2.70 bits per heavy atom. The molecule has 2 heterocycles. The Morgan fingerprint density at radius 2 is 2.09 bits per heavy atom. The molecule has 0 spiro atoms. The van der Waals surface area contributed by atoms with Gasteiger partial charge >= 0.3 is 6.03 Å². The number of nitrogens with one attached hydrogen (secondary N) is 1. The average molecular weight is 323 g/mol. The van der Waals surface area contributed by atoms with E-state index in [1.807, 2.05) is 6.92 Å². The van der Waals surface area contributed by atoms with Gasteiger partial charge in [0.25, 0.3) is 0 Å². The van der Waals surface area contributed by atoms with Crippen LogP contribution < -0.4 is 10.1 Å². The van der Waals surface area contributed by atoms with Gasteiger partial charge in [-0.2, -0.15) is 5.10 Å². The van der Waals surface area contributed by atoms with Crippen molar-refractivity contribution < 1.29 is 14.3 Å². The Balaban J connectivity index is 2.08. The Hall–Kier alpha value is -2.25. The average Bonchev–Trinajstić information content (AvgIpc) is 2.79. The van der Waals surface area contributed by atoms with Crippen molar-refractivity contribution in [1.29, 1.82) is 0 Å². The Morgan fingerprint density at radius 1 is 1.39 bits per heavy atom. The van der Waals surface area contributed by atoms with Crippen LogP contribution in [0.3, 0.4) is 0 Å². The molecular formula is C15H25N5O3. The number of ether oxygens (including phenoxy) is 1. The number of nitrogens with zero attached hydrogens (tertiary/aromatic N) is 4. The molecule has 1 aromatic rings. The molecule has 0 bridgehead atoms. The van der Waals surface area contributed by atoms with Crippen molar-refractivity contribution in [3.8, 4) is 5.88 Å². The molecule has 23 heavy (non-hydrogen) atoms. The summed E-state index contributed by atoms with van der Waals surface area (Å²) in [6.45, 7) is 2.95. The van der Waals surface area contributed by atoms with E-state index in [0.717, 1.165) is 12.8 Å². The molecule has 0 radical (unpaired) electrons. The molecule has 1 aromatic heterocycles. The highest BCUT2D eigenvalue weighted by Gasteiger charge is 2.30. The highest BCUT2D eigenvalue weighted by molar-refractivity contribution is 5.94. The molecule has 8 nitrogen and oxygen atoms in total. The summed E-state index contributed by atoms with van der Waals surface area (Å²) in [5.74, 6) is 0.195. The lowest BCUT2D eigenvalue weighted by atomic mass is 9.97. The molecule has 128 valence electrons. The van der Waals surface area contributed by atoms with Gasteiger partial charge in [-0.3, -0.25) is 4.79 Å². The van der Waals surface area contributed by atoms with E-state index in [0.29, 0.717) is 30.4 Å². The summed E-state index contributed by atoms with van der Waals surface area (Å²) in [7, 11) is 6.75. The van der Waals surface area contributed by atoms with Crippen molar-refractivity contribution in [2.75, 3.05) is 39.6 Å². The SMILES string of the molecule is COc1c(NC(=O)[C@@H]2CCCN(C(=O)N(C)C)C2)c(C)nn1C. The molecule has 0 aromatic carbocycles. The van der Waals surface area contributed by atoms with E-state index in [2.05, 4.69) is 10.4 Å². The monoisotopic (exact) mass is 323 g/mol. The van der Waals surface area contributed by atoms with Crippen molar-refractivity contribution in [3.63, 3.8) is 0 Å². The second-order valence-electron chi connectivity index (χ2n) is 6.04. The number of anilines is 1. The molecule has 0 unspecified atom stereocenters. The lowest BCUT2D eigenvalue weighted by Gasteiger charge is -2.33. The minimum absolute atomic E-state index is 0.0577. The summed E-state index contributed by atoms with van der Waals surface area (Å²) in [6.07, 6.45) is 1.59. The van der Waals surface area contributed by atoms with Crippen molar-refractivity contribution in [2.24, 2.45) is 13.0 Å². The van der Waals surface area contributed by atoms with Crippen LogP contribution in [0.2, 0.25) is 0 Å². The van der Waals surface area contributed by atoms with E-state index in [1.54, 1.807) is 37.8 Å². The van der Waals surface area contributed by atoms with Crippen LogP contribution in [0.5, 0.6) is 5.88 Å². The predicted octanol–water partition coefficient (Wildman–Crippen LogP) is 1.07. The summed E-state index contributed by atoms with van der Waals surface area (Å²) in [5, 5.41) is 7.16. The first-order valence-corrected chi connectivity index (χ1v) is 7.69. The minimum atomic E-state index is -0.225. The van der Waals surface area contributed by atoms with E-state index in [1.165, 1.54) is 4.90 Å². The fourth-order valence-electron chi connectivity index (χ4n) is 2.89. The highest BCUT2D eigenvalue weighted by Crippen LogP contribution is 2.28. The van der Waals surface area contributed by atoms with E-state index in [9.17, 15) is 9.59 Å². The molecule has 3 amide bonds. The maximum atomic E-state index is 12.6. The van der Waals surface area contributed by atoms with E-state index < -0.39 is 0 Å². The zero-order valence-electron chi connectivity index (χ0n) is 14.4. The zero-order valence-corrected chi connectivity index (χ0v) is 14.4. The van der Waals surface area contributed by atoms with Crippen LogP contribution in [0, 0.1) is 12.8 Å². The fraction of sp³-hybridized carbons (Fsp3) is 0.667. The topological polar surface area (TPSA) is 79.7 Å². The van der Waals surface area contributed by atoms with Crippen molar-refractivity contribution in [3.05, 3.63) is 5.69 Å². The number of methoxy groups -OCH3 is 1. The number of aryl methyl sites for hydroxylation is 2. The maximum absolute atomic E-state index is 12.6. The summed E-state index contributed by atoms with van der Waals surface area (Å²) < 4.78 is 6.88. The number of likely N-dealkylation sites (tertiary alicyclic amines) is 1. The minimum Gasteiger partial charge on any atom is -0.480 e. The first-order chi connectivity index (χ1) is 10.8. The van der Waals surface area contributed by atoms with Crippen LogP contribution in [-0.4, -0.2) is 65.8 Å². The van der Waals surface area contributed by atoms with E-state index in [-0.39, 0.29) is 17.9 Å². The van der Waals surface area contributed by atoms with Gasteiger partial charge in [0.2, 0.25) is 11.8 Å². The predicted molar refractivity (Wildman–Crippen MR) is 86.5 cm³/mol. The first kappa shape index (κ1) is 17.1. The lowest BCUT2D eigenvalue weighted by molar-refractivity contribution is -0.121. The number of urea groups is 1. The van der Waals surface area contributed by atoms with E-state index >= 15 is 0 Å². The van der Waals surface area contributed by atoms with Crippen LogP contribution in [0.1, 0.15) is 18.5 Å². The Kier molecular flexibility index (Phi) is 5.12. The van der Waals surface area contributed by atoms with Gasteiger partial charge in [0.1, 0.15) is 5.69 Å².